The molecule has 5 nitrogen and oxygen atoms in total. The van der Waals surface area contributed by atoms with Crippen LogP contribution in [0.15, 0.2) is 30.3 Å². The molecule has 1 aromatic carbocycles. The number of nitrogens with zero attached hydrogens (tertiary/aromatic N) is 3. The van der Waals surface area contributed by atoms with Gasteiger partial charge in [0.1, 0.15) is 0 Å². The van der Waals surface area contributed by atoms with Gasteiger partial charge in [-0.05, 0) is 37.9 Å². The predicted molar refractivity (Wildman–Crippen MR) is 104 cm³/mol. The lowest BCUT2D eigenvalue weighted by Gasteiger charge is -2.46. The van der Waals surface area contributed by atoms with Crippen molar-refractivity contribution in [1.29, 1.82) is 0 Å². The number of benzene rings is 1. The lowest BCUT2D eigenvalue weighted by atomic mass is 9.86. The van der Waals surface area contributed by atoms with E-state index in [-0.39, 0.29) is 5.97 Å². The van der Waals surface area contributed by atoms with Crippen molar-refractivity contribution in [3.8, 4) is 0 Å². The molecule has 0 bridgehead atoms. The second-order valence-electron chi connectivity index (χ2n) is 7.79. The van der Waals surface area contributed by atoms with Crippen LogP contribution in [0.5, 0.6) is 0 Å². The van der Waals surface area contributed by atoms with E-state index in [1.807, 2.05) is 0 Å². The zero-order valence-electron chi connectivity index (χ0n) is 16.3. The van der Waals surface area contributed by atoms with Crippen molar-refractivity contribution in [3.63, 3.8) is 0 Å². The molecule has 2 heterocycles. The monoisotopic (exact) mass is 359 g/mol. The molecule has 2 aliphatic rings. The first-order valence-electron chi connectivity index (χ1n) is 9.91. The number of piperazine rings is 1. The molecule has 144 valence electrons. The molecule has 0 aromatic heterocycles. The van der Waals surface area contributed by atoms with Gasteiger partial charge in [0.05, 0.1) is 7.11 Å². The highest BCUT2D eigenvalue weighted by Crippen LogP contribution is 2.28. The highest BCUT2D eigenvalue weighted by atomic mass is 16.5. The number of hydrogen-bond donors (Lipinski definition) is 0. The van der Waals surface area contributed by atoms with Gasteiger partial charge >= 0.3 is 5.97 Å². The van der Waals surface area contributed by atoms with Crippen LogP contribution in [0.3, 0.4) is 0 Å². The summed E-state index contributed by atoms with van der Waals surface area (Å²) < 4.78 is 4.89. The Bertz CT molecular complexity index is 558. The van der Waals surface area contributed by atoms with E-state index in [9.17, 15) is 4.79 Å². The van der Waals surface area contributed by atoms with Crippen molar-refractivity contribution >= 4 is 5.97 Å². The van der Waals surface area contributed by atoms with Gasteiger partial charge in [-0.1, -0.05) is 30.3 Å². The van der Waals surface area contributed by atoms with E-state index in [0.29, 0.717) is 18.4 Å². The number of piperidine rings is 1. The molecule has 0 unspecified atom stereocenters. The number of likely N-dealkylation sites (N-methyl/N-ethyl adjacent to an activating group) is 1. The van der Waals surface area contributed by atoms with E-state index in [4.69, 9.17) is 4.74 Å². The fourth-order valence-electron chi connectivity index (χ4n) is 4.40. The summed E-state index contributed by atoms with van der Waals surface area (Å²) in [5, 5.41) is 0. The summed E-state index contributed by atoms with van der Waals surface area (Å²) in [6.45, 7) is 7.81. The molecule has 0 amide bonds. The molecule has 0 aliphatic carbocycles. The van der Waals surface area contributed by atoms with E-state index >= 15 is 0 Å². The zero-order chi connectivity index (χ0) is 18.4. The largest absolute Gasteiger partial charge is 0.469 e. The molecular formula is C21H33N3O2. The van der Waals surface area contributed by atoms with Crippen LogP contribution in [0.25, 0.3) is 0 Å². The summed E-state index contributed by atoms with van der Waals surface area (Å²) in [6.07, 6.45) is 2.65. The van der Waals surface area contributed by atoms with Crippen LogP contribution >= 0.6 is 0 Å². The summed E-state index contributed by atoms with van der Waals surface area (Å²) in [5.74, 6) is 0.456. The number of hydrogen-bond acceptors (Lipinski definition) is 5. The van der Waals surface area contributed by atoms with Gasteiger partial charge in [0.25, 0.3) is 0 Å². The molecule has 2 fully saturated rings. The average molecular weight is 360 g/mol. The number of carbonyl (C=O) groups is 1. The normalized spacial score (nSPS) is 25.9. The molecule has 5 heteroatoms. The second kappa shape index (κ2) is 9.49. The molecule has 3 rings (SSSR count). The van der Waals surface area contributed by atoms with Crippen LogP contribution in [0.1, 0.15) is 24.8 Å². The lowest BCUT2D eigenvalue weighted by Crippen LogP contribution is -2.56. The Morgan fingerprint density at radius 3 is 2.54 bits per heavy atom. The van der Waals surface area contributed by atoms with Crippen LogP contribution < -0.4 is 0 Å². The Balaban J connectivity index is 1.62. The van der Waals surface area contributed by atoms with E-state index in [0.717, 1.165) is 52.2 Å². The van der Waals surface area contributed by atoms with Gasteiger partial charge in [-0.25, -0.2) is 0 Å². The lowest BCUT2D eigenvalue weighted by molar-refractivity contribution is -0.141. The number of rotatable bonds is 6. The molecular weight excluding hydrogens is 326 g/mol. The molecule has 2 atom stereocenters. The maximum Gasteiger partial charge on any atom is 0.305 e. The summed E-state index contributed by atoms with van der Waals surface area (Å²) >= 11 is 0. The summed E-state index contributed by atoms with van der Waals surface area (Å²) in [4.78, 5) is 19.3. The van der Waals surface area contributed by atoms with E-state index in [1.54, 1.807) is 0 Å². The van der Waals surface area contributed by atoms with Crippen molar-refractivity contribution in [3.05, 3.63) is 35.9 Å². The number of carbonyl (C=O) groups excluding carboxylic acids is 1. The minimum atomic E-state index is -0.0812. The summed E-state index contributed by atoms with van der Waals surface area (Å²) in [6, 6.07) is 11.3. The van der Waals surface area contributed by atoms with Gasteiger partial charge < -0.3 is 9.64 Å². The fraction of sp³-hybridized carbons (Fsp3) is 0.667. The van der Waals surface area contributed by atoms with Crippen LogP contribution in [-0.2, 0) is 16.1 Å². The molecule has 0 saturated carbocycles. The Kier molecular flexibility index (Phi) is 7.06. The third kappa shape index (κ3) is 5.29. The van der Waals surface area contributed by atoms with Gasteiger partial charge in [-0.3, -0.25) is 14.6 Å². The molecule has 0 spiro atoms. The highest BCUT2D eigenvalue weighted by Gasteiger charge is 2.34. The topological polar surface area (TPSA) is 36.0 Å². The van der Waals surface area contributed by atoms with Gasteiger partial charge in [0.2, 0.25) is 0 Å². The van der Waals surface area contributed by atoms with Gasteiger partial charge in [-0.15, -0.1) is 0 Å². The standard InChI is InChI=1S/C21H33N3O2/c1-22-12-14-24(15-13-22)20-10-11-23(16-18-6-4-3-5-7-18)17-19(20)8-9-21(25)26-2/h3-7,19-20H,8-17H2,1-2H3/t19-,20-/m1/s1. The van der Waals surface area contributed by atoms with Crippen molar-refractivity contribution in [2.75, 3.05) is 53.4 Å². The number of methoxy groups -OCH3 is 1. The summed E-state index contributed by atoms with van der Waals surface area (Å²) in [5.41, 5.74) is 1.37. The van der Waals surface area contributed by atoms with Crippen molar-refractivity contribution in [2.24, 2.45) is 5.92 Å². The minimum absolute atomic E-state index is 0.0812. The van der Waals surface area contributed by atoms with Crippen molar-refractivity contribution in [1.82, 2.24) is 14.7 Å². The minimum Gasteiger partial charge on any atom is -0.469 e. The SMILES string of the molecule is COC(=O)CC[C@@H]1CN(Cc2ccccc2)CC[C@H]1N1CCN(C)CC1. The number of likely N-dealkylation sites (tertiary alicyclic amines) is 1. The van der Waals surface area contributed by atoms with Crippen molar-refractivity contribution < 1.29 is 9.53 Å². The van der Waals surface area contributed by atoms with Gasteiger partial charge in [-0.2, -0.15) is 0 Å². The molecule has 26 heavy (non-hydrogen) atoms. The fourth-order valence-corrected chi connectivity index (χ4v) is 4.40. The van der Waals surface area contributed by atoms with Crippen LogP contribution in [0.2, 0.25) is 0 Å². The van der Waals surface area contributed by atoms with E-state index < -0.39 is 0 Å². The average Bonchev–Trinajstić information content (AvgIpc) is 2.68. The Morgan fingerprint density at radius 2 is 1.85 bits per heavy atom. The van der Waals surface area contributed by atoms with Crippen molar-refractivity contribution in [2.45, 2.75) is 31.8 Å². The molecule has 0 radical (unpaired) electrons. The molecule has 0 N–H and O–H groups in total. The third-order valence-corrected chi connectivity index (χ3v) is 5.98. The third-order valence-electron chi connectivity index (χ3n) is 5.98. The maximum absolute atomic E-state index is 11.7. The molecule has 2 aliphatic heterocycles. The maximum atomic E-state index is 11.7. The van der Waals surface area contributed by atoms with Gasteiger partial charge in [0, 0.05) is 51.7 Å². The van der Waals surface area contributed by atoms with Crippen LogP contribution in [0.4, 0.5) is 0 Å². The Morgan fingerprint density at radius 1 is 1.12 bits per heavy atom. The smallest absolute Gasteiger partial charge is 0.305 e. The Labute approximate surface area is 157 Å². The quantitative estimate of drug-likeness (QED) is 0.727. The van der Waals surface area contributed by atoms with Crippen LogP contribution in [0, 0.1) is 5.92 Å². The first kappa shape index (κ1) is 19.3. The zero-order valence-corrected chi connectivity index (χ0v) is 16.3. The first-order chi connectivity index (χ1) is 12.7. The summed E-state index contributed by atoms with van der Waals surface area (Å²) in [7, 11) is 3.69. The second-order valence-corrected chi connectivity index (χ2v) is 7.79. The molecule has 1 aromatic rings. The van der Waals surface area contributed by atoms with Crippen LogP contribution in [-0.4, -0.2) is 80.1 Å². The predicted octanol–water partition coefficient (Wildman–Crippen LogP) is 2.08. The van der Waals surface area contributed by atoms with E-state index in [1.165, 1.54) is 19.1 Å². The van der Waals surface area contributed by atoms with Gasteiger partial charge in [0.15, 0.2) is 0 Å². The Hall–Kier alpha value is -1.43. The number of esters is 1. The van der Waals surface area contributed by atoms with E-state index in [2.05, 4.69) is 52.1 Å². The molecule has 2 saturated heterocycles. The number of ether oxygens (including phenoxy) is 1. The first-order valence-corrected chi connectivity index (χ1v) is 9.91. The highest BCUT2D eigenvalue weighted by molar-refractivity contribution is 5.69.